The van der Waals surface area contributed by atoms with Crippen molar-refractivity contribution < 1.29 is 14.3 Å². The van der Waals surface area contributed by atoms with Gasteiger partial charge in [-0.1, -0.05) is 18.2 Å². The largest absolute Gasteiger partial charge is 0.444 e. The van der Waals surface area contributed by atoms with Crippen LogP contribution in [0.1, 0.15) is 20.8 Å². The van der Waals surface area contributed by atoms with Gasteiger partial charge in [-0.15, -0.1) is 0 Å². The maximum Gasteiger partial charge on any atom is 0.412 e. The maximum atomic E-state index is 11.8. The predicted molar refractivity (Wildman–Crippen MR) is 67.5 cm³/mol. The van der Waals surface area contributed by atoms with Crippen molar-refractivity contribution in [2.75, 3.05) is 20.4 Å². The molecule has 0 saturated heterocycles. The van der Waals surface area contributed by atoms with Crippen molar-refractivity contribution in [1.29, 1.82) is 5.41 Å². The van der Waals surface area contributed by atoms with Gasteiger partial charge < -0.3 is 9.47 Å². The summed E-state index contributed by atoms with van der Waals surface area (Å²) in [5.74, 6) is 0. The molecular formula is C11H19ClN2O3. The first-order valence-electron chi connectivity index (χ1n) is 5.06. The van der Waals surface area contributed by atoms with E-state index in [-0.39, 0.29) is 18.4 Å². The van der Waals surface area contributed by atoms with Crippen LogP contribution in [-0.4, -0.2) is 42.2 Å². The van der Waals surface area contributed by atoms with Gasteiger partial charge in [0.05, 0.1) is 6.54 Å². The van der Waals surface area contributed by atoms with E-state index in [1.807, 2.05) is 0 Å². The summed E-state index contributed by atoms with van der Waals surface area (Å²) in [6, 6.07) is 0. The van der Waals surface area contributed by atoms with E-state index in [2.05, 4.69) is 6.58 Å². The van der Waals surface area contributed by atoms with E-state index in [9.17, 15) is 4.79 Å². The van der Waals surface area contributed by atoms with Gasteiger partial charge in [0, 0.05) is 12.7 Å². The number of ether oxygens (including phenoxy) is 2. The number of carbonyl (C=O) groups is 1. The Kier molecular flexibility index (Phi) is 6.20. The molecule has 0 aromatic rings. The Labute approximate surface area is 107 Å². The van der Waals surface area contributed by atoms with Gasteiger partial charge in [-0.05, 0) is 20.8 Å². The van der Waals surface area contributed by atoms with Crippen molar-refractivity contribution in [1.82, 2.24) is 4.90 Å². The number of halogens is 1. The van der Waals surface area contributed by atoms with E-state index in [1.165, 1.54) is 12.0 Å². The van der Waals surface area contributed by atoms with Gasteiger partial charge in [-0.2, -0.15) is 0 Å². The highest BCUT2D eigenvalue weighted by Crippen LogP contribution is 2.11. The Hall–Kier alpha value is -1.07. The van der Waals surface area contributed by atoms with Crippen molar-refractivity contribution >= 4 is 22.9 Å². The molecule has 1 amide bonds. The van der Waals surface area contributed by atoms with Crippen LogP contribution < -0.4 is 0 Å². The Morgan fingerprint density at radius 3 is 2.35 bits per heavy atom. The molecule has 0 aromatic carbocycles. The number of rotatable bonds is 5. The van der Waals surface area contributed by atoms with Gasteiger partial charge in [0.25, 0.3) is 0 Å². The lowest BCUT2D eigenvalue weighted by atomic mass is 10.2. The van der Waals surface area contributed by atoms with Crippen LogP contribution in [0.25, 0.3) is 0 Å². The van der Waals surface area contributed by atoms with Crippen LogP contribution in [0.3, 0.4) is 0 Å². The fourth-order valence-electron chi connectivity index (χ4n) is 0.945. The normalized spacial score (nSPS) is 10.9. The van der Waals surface area contributed by atoms with Gasteiger partial charge in [-0.3, -0.25) is 10.3 Å². The summed E-state index contributed by atoms with van der Waals surface area (Å²) >= 11 is 5.47. The van der Waals surface area contributed by atoms with E-state index in [0.29, 0.717) is 5.57 Å². The molecule has 1 N–H and O–H groups in total. The molecule has 0 aliphatic heterocycles. The molecule has 0 bridgehead atoms. The molecule has 0 rings (SSSR count). The van der Waals surface area contributed by atoms with Crippen LogP contribution >= 0.6 is 11.6 Å². The molecule has 0 fully saturated rings. The van der Waals surface area contributed by atoms with Crippen LogP contribution in [0, 0.1) is 5.41 Å². The quantitative estimate of drug-likeness (QED) is 0.612. The average Bonchev–Trinajstić information content (AvgIpc) is 2.13. The van der Waals surface area contributed by atoms with E-state index in [0.717, 1.165) is 0 Å². The standard InChI is InChI=1S/C11H19ClN2O3/c1-8(9(12)13)6-14(7-16-5)10(15)17-11(2,3)4/h13H,1,6-7H2,2-5H3. The minimum absolute atomic E-state index is 0.0537. The van der Waals surface area contributed by atoms with Crippen LogP contribution in [0.5, 0.6) is 0 Å². The summed E-state index contributed by atoms with van der Waals surface area (Å²) in [6.45, 7) is 9.07. The Morgan fingerprint density at radius 2 is 2.00 bits per heavy atom. The van der Waals surface area contributed by atoms with Crippen LogP contribution in [-0.2, 0) is 9.47 Å². The molecule has 6 heteroatoms. The van der Waals surface area contributed by atoms with Crippen molar-refractivity contribution in [3.8, 4) is 0 Å². The zero-order chi connectivity index (χ0) is 13.6. The highest BCUT2D eigenvalue weighted by atomic mass is 35.5. The minimum atomic E-state index is -0.584. The van der Waals surface area contributed by atoms with Crippen molar-refractivity contribution in [3.63, 3.8) is 0 Å². The maximum absolute atomic E-state index is 11.8. The summed E-state index contributed by atoms with van der Waals surface area (Å²) < 4.78 is 10.1. The third-order valence-electron chi connectivity index (χ3n) is 1.63. The number of hydrogen-bond donors (Lipinski definition) is 1. The first-order valence-corrected chi connectivity index (χ1v) is 5.44. The third kappa shape index (κ3) is 6.97. The van der Waals surface area contributed by atoms with E-state index in [1.54, 1.807) is 20.8 Å². The summed E-state index contributed by atoms with van der Waals surface area (Å²) in [7, 11) is 1.46. The van der Waals surface area contributed by atoms with E-state index >= 15 is 0 Å². The highest BCUT2D eigenvalue weighted by molar-refractivity contribution is 6.68. The number of hydrogen-bond acceptors (Lipinski definition) is 4. The minimum Gasteiger partial charge on any atom is -0.444 e. The number of nitrogens with one attached hydrogen (secondary N) is 1. The number of carbonyl (C=O) groups excluding carboxylic acids is 1. The molecule has 0 spiro atoms. The van der Waals surface area contributed by atoms with Gasteiger partial charge >= 0.3 is 6.09 Å². The molecule has 98 valence electrons. The summed E-state index contributed by atoms with van der Waals surface area (Å²) in [5, 5.41) is 7.01. The molecule has 0 aromatic heterocycles. The molecule has 0 heterocycles. The molecule has 0 saturated carbocycles. The number of methoxy groups -OCH3 is 1. The zero-order valence-corrected chi connectivity index (χ0v) is 11.4. The van der Waals surface area contributed by atoms with Gasteiger partial charge in [-0.25, -0.2) is 4.79 Å². The monoisotopic (exact) mass is 262 g/mol. The second kappa shape index (κ2) is 6.61. The van der Waals surface area contributed by atoms with Crippen LogP contribution in [0.15, 0.2) is 12.2 Å². The van der Waals surface area contributed by atoms with Crippen molar-refractivity contribution in [3.05, 3.63) is 12.2 Å². The van der Waals surface area contributed by atoms with Crippen molar-refractivity contribution in [2.24, 2.45) is 0 Å². The van der Waals surface area contributed by atoms with E-state index < -0.39 is 11.7 Å². The summed E-state index contributed by atoms with van der Waals surface area (Å²) in [6.07, 6.45) is -0.529. The Bertz CT molecular complexity index is 310. The number of nitrogens with zero attached hydrogens (tertiary/aromatic N) is 1. The number of amides is 1. The molecule has 0 radical (unpaired) electrons. The van der Waals surface area contributed by atoms with Crippen LogP contribution in [0.2, 0.25) is 0 Å². The highest BCUT2D eigenvalue weighted by Gasteiger charge is 2.22. The molecule has 0 aliphatic carbocycles. The molecule has 0 atom stereocenters. The second-order valence-corrected chi connectivity index (χ2v) is 4.89. The molecular weight excluding hydrogens is 244 g/mol. The van der Waals surface area contributed by atoms with Gasteiger partial charge in [0.1, 0.15) is 17.5 Å². The lowest BCUT2D eigenvalue weighted by Crippen LogP contribution is -2.39. The summed E-state index contributed by atoms with van der Waals surface area (Å²) in [4.78, 5) is 13.1. The summed E-state index contributed by atoms with van der Waals surface area (Å²) in [5.41, 5.74) is -0.256. The van der Waals surface area contributed by atoms with Crippen LogP contribution in [0.4, 0.5) is 4.79 Å². The second-order valence-electron chi connectivity index (χ2n) is 4.51. The smallest absolute Gasteiger partial charge is 0.412 e. The SMILES string of the molecule is C=C(CN(COC)C(=O)OC(C)(C)C)C(=N)Cl. The zero-order valence-electron chi connectivity index (χ0n) is 10.7. The molecule has 0 aliphatic rings. The lowest BCUT2D eigenvalue weighted by molar-refractivity contribution is 0.000376. The molecule has 0 unspecified atom stereocenters. The lowest BCUT2D eigenvalue weighted by Gasteiger charge is -2.27. The third-order valence-corrected chi connectivity index (χ3v) is 1.90. The molecule has 5 nitrogen and oxygen atoms in total. The Balaban J connectivity index is 4.57. The first-order chi connectivity index (χ1) is 7.67. The predicted octanol–water partition coefficient (Wildman–Crippen LogP) is 2.60. The van der Waals surface area contributed by atoms with E-state index in [4.69, 9.17) is 26.5 Å². The Morgan fingerprint density at radius 1 is 1.47 bits per heavy atom. The van der Waals surface area contributed by atoms with Crippen molar-refractivity contribution in [2.45, 2.75) is 26.4 Å². The fraction of sp³-hybridized carbons (Fsp3) is 0.636. The first kappa shape index (κ1) is 15.9. The van der Waals surface area contributed by atoms with Gasteiger partial charge in [0.15, 0.2) is 0 Å². The fourth-order valence-corrected chi connectivity index (χ4v) is 1.00. The van der Waals surface area contributed by atoms with Gasteiger partial charge in [0.2, 0.25) is 0 Å². The average molecular weight is 263 g/mol. The topological polar surface area (TPSA) is 62.6 Å². The molecule has 17 heavy (non-hydrogen) atoms.